The first-order valence-corrected chi connectivity index (χ1v) is 5.94. The number of carboxylic acid groups (broad SMARTS) is 1. The van der Waals surface area contributed by atoms with Gasteiger partial charge in [-0.15, -0.1) is 0 Å². The lowest BCUT2D eigenvalue weighted by molar-refractivity contribution is -0.154. The van der Waals surface area contributed by atoms with Gasteiger partial charge in [0, 0.05) is 32.8 Å². The van der Waals surface area contributed by atoms with Gasteiger partial charge in [-0.2, -0.15) is 0 Å². The number of hydrogen-bond donors (Lipinski definition) is 3. The zero-order valence-corrected chi connectivity index (χ0v) is 9.70. The molecule has 2 saturated heterocycles. The summed E-state index contributed by atoms with van der Waals surface area (Å²) in [6, 6.07) is 0. The lowest BCUT2D eigenvalue weighted by atomic mass is 9.80. The number of carbonyl (C=O) groups excluding carboxylic acids is 1. The van der Waals surface area contributed by atoms with E-state index >= 15 is 0 Å². The molecular weight excluding hydrogens is 224 g/mol. The van der Waals surface area contributed by atoms with Gasteiger partial charge in [0.25, 0.3) is 0 Å². The van der Waals surface area contributed by atoms with Gasteiger partial charge in [-0.25, -0.2) is 0 Å². The van der Waals surface area contributed by atoms with Crippen molar-refractivity contribution >= 4 is 11.9 Å². The van der Waals surface area contributed by atoms with E-state index in [0.29, 0.717) is 39.1 Å². The van der Waals surface area contributed by atoms with Crippen LogP contribution in [-0.2, 0) is 14.3 Å². The van der Waals surface area contributed by atoms with Gasteiger partial charge in [0.2, 0.25) is 5.91 Å². The Morgan fingerprint density at radius 3 is 2.47 bits per heavy atom. The third-order valence-electron chi connectivity index (χ3n) is 3.66. The topological polar surface area (TPSA) is 87.7 Å². The normalized spacial score (nSPS) is 23.8. The average molecular weight is 242 g/mol. The molecule has 0 radical (unpaired) electrons. The fourth-order valence-electron chi connectivity index (χ4n) is 2.10. The zero-order valence-electron chi connectivity index (χ0n) is 9.70. The van der Waals surface area contributed by atoms with Crippen LogP contribution in [0.25, 0.3) is 0 Å². The molecule has 17 heavy (non-hydrogen) atoms. The van der Waals surface area contributed by atoms with E-state index in [0.717, 1.165) is 0 Å². The van der Waals surface area contributed by atoms with Crippen LogP contribution < -0.4 is 10.6 Å². The van der Waals surface area contributed by atoms with Gasteiger partial charge in [0.05, 0.1) is 11.3 Å². The maximum Gasteiger partial charge on any atom is 0.311 e. The molecule has 3 N–H and O–H groups in total. The molecule has 2 fully saturated rings. The van der Waals surface area contributed by atoms with Gasteiger partial charge in [0.1, 0.15) is 0 Å². The van der Waals surface area contributed by atoms with Gasteiger partial charge >= 0.3 is 5.97 Å². The van der Waals surface area contributed by atoms with Crippen LogP contribution in [0.5, 0.6) is 0 Å². The Hall–Kier alpha value is -1.14. The highest BCUT2D eigenvalue weighted by Gasteiger charge is 2.41. The standard InChI is InChI=1S/C11H18N2O4/c14-9(8-5-12-6-8)13-7-11(10(15)16)1-3-17-4-2-11/h8,12H,1-7H2,(H,13,14)(H,15,16). The third kappa shape index (κ3) is 2.58. The summed E-state index contributed by atoms with van der Waals surface area (Å²) in [5.74, 6) is -0.885. The summed E-state index contributed by atoms with van der Waals surface area (Å²) >= 11 is 0. The predicted molar refractivity (Wildman–Crippen MR) is 59.5 cm³/mol. The average Bonchev–Trinajstić information content (AvgIpc) is 2.25. The second-order valence-electron chi connectivity index (χ2n) is 4.77. The molecule has 1 amide bonds. The molecule has 6 heteroatoms. The van der Waals surface area contributed by atoms with Crippen molar-refractivity contribution in [3.63, 3.8) is 0 Å². The third-order valence-corrected chi connectivity index (χ3v) is 3.66. The number of amides is 1. The Bertz CT molecular complexity index is 309. The minimum absolute atomic E-state index is 0.000635. The van der Waals surface area contributed by atoms with E-state index in [-0.39, 0.29) is 18.4 Å². The summed E-state index contributed by atoms with van der Waals surface area (Å²) in [6.45, 7) is 2.49. The summed E-state index contributed by atoms with van der Waals surface area (Å²) in [7, 11) is 0. The SMILES string of the molecule is O=C(NCC1(C(=O)O)CCOCC1)C1CNC1. The molecule has 0 saturated carbocycles. The van der Waals surface area contributed by atoms with Crippen molar-refractivity contribution in [2.24, 2.45) is 11.3 Å². The van der Waals surface area contributed by atoms with Gasteiger partial charge in [-0.1, -0.05) is 0 Å². The predicted octanol–water partition coefficient (Wildman–Crippen LogP) is -0.797. The molecule has 0 atom stereocenters. The van der Waals surface area contributed by atoms with E-state index in [9.17, 15) is 14.7 Å². The van der Waals surface area contributed by atoms with E-state index in [2.05, 4.69) is 10.6 Å². The molecule has 0 aromatic rings. The van der Waals surface area contributed by atoms with Gasteiger partial charge in [0.15, 0.2) is 0 Å². The van der Waals surface area contributed by atoms with E-state index in [1.165, 1.54) is 0 Å². The Labute approximate surface area is 99.7 Å². The summed E-state index contributed by atoms with van der Waals surface area (Å²) in [5.41, 5.74) is -0.842. The quantitative estimate of drug-likeness (QED) is 0.601. The lowest BCUT2D eigenvalue weighted by Gasteiger charge is -2.34. The van der Waals surface area contributed by atoms with E-state index in [1.807, 2.05) is 0 Å². The molecule has 0 aliphatic carbocycles. The second kappa shape index (κ2) is 5.01. The maximum absolute atomic E-state index is 11.7. The molecule has 0 unspecified atom stereocenters. The molecule has 2 rings (SSSR count). The Morgan fingerprint density at radius 1 is 1.35 bits per heavy atom. The molecule has 0 aromatic heterocycles. The molecule has 2 heterocycles. The van der Waals surface area contributed by atoms with Crippen molar-refractivity contribution < 1.29 is 19.4 Å². The lowest BCUT2D eigenvalue weighted by Crippen LogP contribution is -2.54. The minimum atomic E-state index is -0.842. The molecule has 2 aliphatic heterocycles. The molecule has 0 aromatic carbocycles. The number of rotatable bonds is 4. The summed E-state index contributed by atoms with van der Waals surface area (Å²) in [5, 5.41) is 15.1. The molecule has 96 valence electrons. The Kier molecular flexibility index (Phi) is 3.63. The van der Waals surface area contributed by atoms with Crippen LogP contribution in [0.2, 0.25) is 0 Å². The van der Waals surface area contributed by atoms with Gasteiger partial charge in [-0.3, -0.25) is 9.59 Å². The van der Waals surface area contributed by atoms with Gasteiger partial charge in [-0.05, 0) is 12.8 Å². The van der Waals surface area contributed by atoms with E-state index in [4.69, 9.17) is 4.74 Å². The fraction of sp³-hybridized carbons (Fsp3) is 0.818. The molecular formula is C11H18N2O4. The molecule has 0 bridgehead atoms. The summed E-state index contributed by atoms with van der Waals surface area (Å²) in [6.07, 6.45) is 0.928. The zero-order chi connectivity index (χ0) is 12.3. The van der Waals surface area contributed by atoms with Crippen molar-refractivity contribution in [1.29, 1.82) is 0 Å². The van der Waals surface area contributed by atoms with Gasteiger partial charge < -0.3 is 20.5 Å². The molecule has 6 nitrogen and oxygen atoms in total. The maximum atomic E-state index is 11.7. The molecule has 0 spiro atoms. The number of carbonyl (C=O) groups is 2. The Balaban J connectivity index is 1.88. The first kappa shape index (κ1) is 12.3. The Morgan fingerprint density at radius 2 is 2.00 bits per heavy atom. The molecule has 2 aliphatic rings. The number of carboxylic acids is 1. The fourth-order valence-corrected chi connectivity index (χ4v) is 2.10. The minimum Gasteiger partial charge on any atom is -0.481 e. The number of nitrogens with one attached hydrogen (secondary N) is 2. The van der Waals surface area contributed by atoms with Crippen LogP contribution in [0.1, 0.15) is 12.8 Å². The largest absolute Gasteiger partial charge is 0.481 e. The first-order chi connectivity index (χ1) is 8.14. The summed E-state index contributed by atoms with van der Waals surface area (Å²) < 4.78 is 5.18. The van der Waals surface area contributed by atoms with Crippen molar-refractivity contribution in [3.8, 4) is 0 Å². The highest BCUT2D eigenvalue weighted by atomic mass is 16.5. The van der Waals surface area contributed by atoms with Crippen LogP contribution >= 0.6 is 0 Å². The van der Waals surface area contributed by atoms with Crippen LogP contribution in [0.15, 0.2) is 0 Å². The first-order valence-electron chi connectivity index (χ1n) is 5.94. The highest BCUT2D eigenvalue weighted by molar-refractivity contribution is 5.81. The highest BCUT2D eigenvalue weighted by Crippen LogP contribution is 2.30. The number of ether oxygens (including phenoxy) is 1. The van der Waals surface area contributed by atoms with Crippen molar-refractivity contribution in [2.75, 3.05) is 32.8 Å². The monoisotopic (exact) mass is 242 g/mol. The van der Waals surface area contributed by atoms with Crippen LogP contribution in [0, 0.1) is 11.3 Å². The van der Waals surface area contributed by atoms with Crippen LogP contribution in [-0.4, -0.2) is 49.8 Å². The van der Waals surface area contributed by atoms with E-state index < -0.39 is 11.4 Å². The van der Waals surface area contributed by atoms with Crippen molar-refractivity contribution in [3.05, 3.63) is 0 Å². The van der Waals surface area contributed by atoms with E-state index in [1.54, 1.807) is 0 Å². The van der Waals surface area contributed by atoms with Crippen molar-refractivity contribution in [2.45, 2.75) is 12.8 Å². The number of hydrogen-bond acceptors (Lipinski definition) is 4. The second-order valence-corrected chi connectivity index (χ2v) is 4.77. The van der Waals surface area contributed by atoms with Crippen molar-refractivity contribution in [1.82, 2.24) is 10.6 Å². The van der Waals surface area contributed by atoms with Crippen LogP contribution in [0.3, 0.4) is 0 Å². The summed E-state index contributed by atoms with van der Waals surface area (Å²) in [4.78, 5) is 23.0. The number of aliphatic carboxylic acids is 1. The van der Waals surface area contributed by atoms with Crippen LogP contribution in [0.4, 0.5) is 0 Å². The smallest absolute Gasteiger partial charge is 0.311 e.